The molecule has 0 saturated carbocycles. The molecule has 62 valence electrons. The summed E-state index contributed by atoms with van der Waals surface area (Å²) in [6.07, 6.45) is 2.35. The van der Waals surface area contributed by atoms with E-state index < -0.39 is 0 Å². The summed E-state index contributed by atoms with van der Waals surface area (Å²) in [5.74, 6) is 1.13. The first-order chi connectivity index (χ1) is 5.38. The van der Waals surface area contributed by atoms with Crippen LogP contribution in [0.3, 0.4) is 0 Å². The molecule has 2 atom stereocenters. The molecule has 0 spiro atoms. The van der Waals surface area contributed by atoms with Gasteiger partial charge in [-0.3, -0.25) is 4.79 Å². The standard InChI is InChI=1S/C8H14N2O/c11-8-7-5-9-4-6(7)2-1-3-10-8/h6-7,9H,1-5H2,(H,10,11)/t6-,7+/m1/s1. The summed E-state index contributed by atoms with van der Waals surface area (Å²) < 4.78 is 0. The van der Waals surface area contributed by atoms with E-state index in [1.54, 1.807) is 0 Å². The third-order valence-electron chi connectivity index (χ3n) is 2.73. The molecule has 0 radical (unpaired) electrons. The van der Waals surface area contributed by atoms with E-state index in [-0.39, 0.29) is 11.8 Å². The Morgan fingerprint density at radius 3 is 3.18 bits per heavy atom. The summed E-state index contributed by atoms with van der Waals surface area (Å²) >= 11 is 0. The van der Waals surface area contributed by atoms with Crippen LogP contribution in [0.5, 0.6) is 0 Å². The number of hydrogen-bond donors (Lipinski definition) is 2. The van der Waals surface area contributed by atoms with Gasteiger partial charge in [0.1, 0.15) is 0 Å². The molecular formula is C8H14N2O. The average molecular weight is 154 g/mol. The van der Waals surface area contributed by atoms with Crippen molar-refractivity contribution in [1.29, 1.82) is 0 Å². The Balaban J connectivity index is 2.09. The molecule has 2 saturated heterocycles. The van der Waals surface area contributed by atoms with Gasteiger partial charge in [-0.25, -0.2) is 0 Å². The normalized spacial score (nSPS) is 37.6. The van der Waals surface area contributed by atoms with Crippen LogP contribution in [-0.2, 0) is 4.79 Å². The average Bonchev–Trinajstić information content (AvgIpc) is 2.40. The molecule has 0 aliphatic carbocycles. The Morgan fingerprint density at radius 1 is 1.36 bits per heavy atom. The van der Waals surface area contributed by atoms with Crippen molar-refractivity contribution in [1.82, 2.24) is 10.6 Å². The van der Waals surface area contributed by atoms with Crippen LogP contribution in [0.2, 0.25) is 0 Å². The van der Waals surface area contributed by atoms with Crippen LogP contribution in [0.25, 0.3) is 0 Å². The molecule has 3 nitrogen and oxygen atoms in total. The van der Waals surface area contributed by atoms with Crippen LogP contribution in [0.4, 0.5) is 0 Å². The van der Waals surface area contributed by atoms with Gasteiger partial charge >= 0.3 is 0 Å². The maximum atomic E-state index is 11.3. The zero-order chi connectivity index (χ0) is 7.68. The van der Waals surface area contributed by atoms with Gasteiger partial charge in [-0.1, -0.05) is 0 Å². The van der Waals surface area contributed by atoms with Gasteiger partial charge in [0.25, 0.3) is 0 Å². The highest BCUT2D eigenvalue weighted by molar-refractivity contribution is 5.79. The van der Waals surface area contributed by atoms with E-state index in [9.17, 15) is 4.79 Å². The third kappa shape index (κ3) is 1.25. The summed E-state index contributed by atoms with van der Waals surface area (Å²) in [6, 6.07) is 0. The van der Waals surface area contributed by atoms with E-state index in [4.69, 9.17) is 0 Å². The Kier molecular flexibility index (Phi) is 1.82. The highest BCUT2D eigenvalue weighted by atomic mass is 16.1. The fraction of sp³-hybridized carbons (Fsp3) is 0.875. The molecule has 1 amide bonds. The molecule has 0 unspecified atom stereocenters. The lowest BCUT2D eigenvalue weighted by Crippen LogP contribution is -2.32. The number of hydrogen-bond acceptors (Lipinski definition) is 2. The summed E-state index contributed by atoms with van der Waals surface area (Å²) in [6.45, 7) is 2.81. The highest BCUT2D eigenvalue weighted by Gasteiger charge is 2.33. The van der Waals surface area contributed by atoms with Gasteiger partial charge in [-0.2, -0.15) is 0 Å². The van der Waals surface area contributed by atoms with E-state index in [1.165, 1.54) is 6.42 Å². The molecule has 0 aromatic rings. The van der Waals surface area contributed by atoms with Crippen LogP contribution < -0.4 is 10.6 Å². The number of rotatable bonds is 0. The maximum Gasteiger partial charge on any atom is 0.224 e. The maximum absolute atomic E-state index is 11.3. The summed E-state index contributed by atoms with van der Waals surface area (Å²) in [5.41, 5.74) is 0. The molecule has 2 rings (SSSR count). The molecule has 0 bridgehead atoms. The monoisotopic (exact) mass is 154 g/mol. The van der Waals surface area contributed by atoms with E-state index >= 15 is 0 Å². The lowest BCUT2D eigenvalue weighted by atomic mass is 9.93. The van der Waals surface area contributed by atoms with Crippen molar-refractivity contribution in [3.8, 4) is 0 Å². The van der Waals surface area contributed by atoms with Crippen molar-refractivity contribution >= 4 is 5.91 Å². The molecule has 2 fully saturated rings. The second-order valence-electron chi connectivity index (χ2n) is 3.46. The van der Waals surface area contributed by atoms with Crippen LogP contribution >= 0.6 is 0 Å². The number of nitrogens with one attached hydrogen (secondary N) is 2. The minimum Gasteiger partial charge on any atom is -0.356 e. The summed E-state index contributed by atoms with van der Waals surface area (Å²) in [5, 5.41) is 6.20. The van der Waals surface area contributed by atoms with Crippen molar-refractivity contribution in [2.75, 3.05) is 19.6 Å². The van der Waals surface area contributed by atoms with E-state index in [1.807, 2.05) is 0 Å². The smallest absolute Gasteiger partial charge is 0.224 e. The number of carbonyl (C=O) groups is 1. The fourth-order valence-electron chi connectivity index (χ4n) is 2.05. The third-order valence-corrected chi connectivity index (χ3v) is 2.73. The van der Waals surface area contributed by atoms with E-state index in [0.29, 0.717) is 5.92 Å². The first kappa shape index (κ1) is 7.10. The Morgan fingerprint density at radius 2 is 2.27 bits per heavy atom. The molecule has 2 heterocycles. The minimum absolute atomic E-state index is 0.262. The Labute approximate surface area is 66.5 Å². The van der Waals surface area contributed by atoms with Crippen molar-refractivity contribution in [3.63, 3.8) is 0 Å². The van der Waals surface area contributed by atoms with Gasteiger partial charge in [-0.05, 0) is 25.3 Å². The summed E-state index contributed by atoms with van der Waals surface area (Å²) in [4.78, 5) is 11.3. The van der Waals surface area contributed by atoms with Crippen LogP contribution in [0, 0.1) is 11.8 Å². The van der Waals surface area contributed by atoms with E-state index in [0.717, 1.165) is 26.1 Å². The van der Waals surface area contributed by atoms with Crippen LogP contribution in [-0.4, -0.2) is 25.5 Å². The molecule has 2 N–H and O–H groups in total. The zero-order valence-electron chi connectivity index (χ0n) is 6.60. The Hall–Kier alpha value is -0.570. The second kappa shape index (κ2) is 2.81. The lowest BCUT2D eigenvalue weighted by molar-refractivity contribution is -0.124. The number of carbonyl (C=O) groups excluding carboxylic acids is 1. The predicted octanol–water partition coefficient (Wildman–Crippen LogP) is -0.268. The van der Waals surface area contributed by atoms with Crippen molar-refractivity contribution < 1.29 is 4.79 Å². The predicted molar refractivity (Wildman–Crippen MR) is 42.1 cm³/mol. The van der Waals surface area contributed by atoms with Gasteiger partial charge in [-0.15, -0.1) is 0 Å². The molecule has 0 aromatic carbocycles. The van der Waals surface area contributed by atoms with Gasteiger partial charge < -0.3 is 10.6 Å². The minimum atomic E-state index is 0.262. The summed E-state index contributed by atoms with van der Waals surface area (Å²) in [7, 11) is 0. The van der Waals surface area contributed by atoms with Crippen molar-refractivity contribution in [2.24, 2.45) is 11.8 Å². The molecule has 11 heavy (non-hydrogen) atoms. The first-order valence-electron chi connectivity index (χ1n) is 4.36. The largest absolute Gasteiger partial charge is 0.356 e. The van der Waals surface area contributed by atoms with Crippen molar-refractivity contribution in [2.45, 2.75) is 12.8 Å². The van der Waals surface area contributed by atoms with Gasteiger partial charge in [0, 0.05) is 13.1 Å². The molecule has 3 heteroatoms. The molecule has 2 aliphatic rings. The van der Waals surface area contributed by atoms with Gasteiger partial charge in [0.05, 0.1) is 5.92 Å². The second-order valence-corrected chi connectivity index (χ2v) is 3.46. The van der Waals surface area contributed by atoms with Crippen LogP contribution in [0.1, 0.15) is 12.8 Å². The molecule has 2 aliphatic heterocycles. The topological polar surface area (TPSA) is 41.1 Å². The van der Waals surface area contributed by atoms with Gasteiger partial charge in [0.2, 0.25) is 5.91 Å². The molecule has 0 aromatic heterocycles. The fourth-order valence-corrected chi connectivity index (χ4v) is 2.05. The molecular weight excluding hydrogens is 140 g/mol. The zero-order valence-corrected chi connectivity index (χ0v) is 6.60. The quantitative estimate of drug-likeness (QED) is 0.504. The van der Waals surface area contributed by atoms with Crippen LogP contribution in [0.15, 0.2) is 0 Å². The van der Waals surface area contributed by atoms with Crippen molar-refractivity contribution in [3.05, 3.63) is 0 Å². The Bertz CT molecular complexity index is 169. The van der Waals surface area contributed by atoms with E-state index in [2.05, 4.69) is 10.6 Å². The SMILES string of the molecule is O=C1NCCC[C@@H]2CNC[C@H]12. The first-order valence-corrected chi connectivity index (χ1v) is 4.36. The highest BCUT2D eigenvalue weighted by Crippen LogP contribution is 2.23. The lowest BCUT2D eigenvalue weighted by Gasteiger charge is -2.11. The number of fused-ring (bicyclic) bond motifs is 1. The number of amides is 1. The van der Waals surface area contributed by atoms with Gasteiger partial charge in [0.15, 0.2) is 0 Å².